The first-order chi connectivity index (χ1) is 14.5. The molecule has 0 amide bonds. The molecule has 2 saturated carbocycles. The standard InChI is InChI=1S/C29H32O/c1-21(25-19-20-26-27(25)28(26,2)3)30-29(22-13-7-4-8-14-22,23-15-9-5-10-16-23)24-17-11-6-12-18-24/h4-18,21,25-27H,19-20H2,1-3H3. The molecule has 3 aromatic rings. The third kappa shape index (κ3) is 3.03. The van der Waals surface area contributed by atoms with Gasteiger partial charge in [0.15, 0.2) is 0 Å². The number of rotatable bonds is 6. The Labute approximate surface area is 181 Å². The minimum Gasteiger partial charge on any atom is -0.358 e. The summed E-state index contributed by atoms with van der Waals surface area (Å²) in [5.41, 5.74) is 3.45. The van der Waals surface area contributed by atoms with E-state index in [1.54, 1.807) is 0 Å². The van der Waals surface area contributed by atoms with Crippen molar-refractivity contribution in [2.75, 3.05) is 0 Å². The summed E-state index contributed by atoms with van der Waals surface area (Å²) in [5, 5.41) is 0. The van der Waals surface area contributed by atoms with Crippen molar-refractivity contribution in [1.29, 1.82) is 0 Å². The Morgan fingerprint density at radius 2 is 1.17 bits per heavy atom. The highest BCUT2D eigenvalue weighted by Crippen LogP contribution is 2.70. The van der Waals surface area contributed by atoms with Crippen LogP contribution >= 0.6 is 0 Å². The summed E-state index contributed by atoms with van der Waals surface area (Å²) in [6.07, 6.45) is 2.82. The average Bonchev–Trinajstić information content (AvgIpc) is 3.13. The lowest BCUT2D eigenvalue weighted by Crippen LogP contribution is -2.39. The molecule has 2 aliphatic rings. The van der Waals surface area contributed by atoms with Crippen LogP contribution in [-0.4, -0.2) is 6.10 Å². The highest BCUT2D eigenvalue weighted by Gasteiger charge is 2.65. The van der Waals surface area contributed by atoms with Crippen molar-refractivity contribution in [2.24, 2.45) is 23.2 Å². The van der Waals surface area contributed by atoms with Crippen LogP contribution in [0.1, 0.15) is 50.3 Å². The van der Waals surface area contributed by atoms with Crippen LogP contribution in [0.5, 0.6) is 0 Å². The average molecular weight is 397 g/mol. The summed E-state index contributed by atoms with van der Waals surface area (Å²) in [4.78, 5) is 0. The summed E-state index contributed by atoms with van der Waals surface area (Å²) in [7, 11) is 0. The smallest absolute Gasteiger partial charge is 0.144 e. The Morgan fingerprint density at radius 1 is 0.733 bits per heavy atom. The van der Waals surface area contributed by atoms with Crippen molar-refractivity contribution < 1.29 is 4.74 Å². The van der Waals surface area contributed by atoms with Crippen molar-refractivity contribution in [1.82, 2.24) is 0 Å². The van der Waals surface area contributed by atoms with E-state index in [4.69, 9.17) is 4.74 Å². The Hall–Kier alpha value is -2.38. The monoisotopic (exact) mass is 396 g/mol. The highest BCUT2D eigenvalue weighted by atomic mass is 16.5. The molecule has 3 aromatic carbocycles. The third-order valence-corrected chi connectivity index (χ3v) is 7.92. The van der Waals surface area contributed by atoms with E-state index in [1.165, 1.54) is 29.5 Å². The van der Waals surface area contributed by atoms with E-state index in [2.05, 4.69) is 112 Å². The topological polar surface area (TPSA) is 9.23 Å². The molecule has 1 heteroatoms. The Balaban J connectivity index is 1.63. The first-order valence-electron chi connectivity index (χ1n) is 11.4. The van der Waals surface area contributed by atoms with Gasteiger partial charge in [0.25, 0.3) is 0 Å². The minimum atomic E-state index is -0.611. The molecular formula is C29H32O. The van der Waals surface area contributed by atoms with E-state index in [9.17, 15) is 0 Å². The minimum absolute atomic E-state index is 0.183. The second kappa shape index (κ2) is 7.39. The molecule has 0 aliphatic heterocycles. The summed E-state index contributed by atoms with van der Waals surface area (Å²) in [5.74, 6) is 2.31. The molecule has 154 valence electrons. The van der Waals surface area contributed by atoms with Crippen molar-refractivity contribution in [3.05, 3.63) is 108 Å². The molecule has 0 spiro atoms. The lowest BCUT2D eigenvalue weighted by atomic mass is 9.79. The first kappa shape index (κ1) is 19.6. The van der Waals surface area contributed by atoms with Crippen LogP contribution in [0.25, 0.3) is 0 Å². The largest absolute Gasteiger partial charge is 0.358 e. The van der Waals surface area contributed by atoms with Crippen LogP contribution < -0.4 is 0 Å². The third-order valence-electron chi connectivity index (χ3n) is 7.92. The lowest BCUT2D eigenvalue weighted by Gasteiger charge is -2.40. The van der Waals surface area contributed by atoms with Crippen LogP contribution in [0, 0.1) is 23.2 Å². The fraction of sp³-hybridized carbons (Fsp3) is 0.379. The maximum atomic E-state index is 7.27. The van der Waals surface area contributed by atoms with Gasteiger partial charge in [0.2, 0.25) is 0 Å². The zero-order valence-corrected chi connectivity index (χ0v) is 18.3. The van der Waals surface area contributed by atoms with Gasteiger partial charge in [-0.05, 0) is 59.6 Å². The quantitative estimate of drug-likeness (QED) is 0.405. The Morgan fingerprint density at radius 3 is 1.53 bits per heavy atom. The molecule has 0 bridgehead atoms. The van der Waals surface area contributed by atoms with Gasteiger partial charge < -0.3 is 4.74 Å². The molecule has 0 heterocycles. The van der Waals surface area contributed by atoms with Gasteiger partial charge in [-0.15, -0.1) is 0 Å². The molecule has 0 saturated heterocycles. The SMILES string of the molecule is CC(OC(c1ccccc1)(c1ccccc1)c1ccccc1)C1CCC2C1C2(C)C. The molecule has 0 N–H and O–H groups in total. The van der Waals surface area contributed by atoms with Gasteiger partial charge >= 0.3 is 0 Å². The molecule has 1 nitrogen and oxygen atoms in total. The summed E-state index contributed by atoms with van der Waals surface area (Å²) >= 11 is 0. The number of hydrogen-bond donors (Lipinski definition) is 0. The highest BCUT2D eigenvalue weighted by molar-refractivity contribution is 5.47. The Kier molecular flexibility index (Phi) is 4.82. The molecule has 4 atom stereocenters. The van der Waals surface area contributed by atoms with E-state index in [1.807, 2.05) is 0 Å². The molecule has 0 radical (unpaired) electrons. The number of ether oxygens (including phenoxy) is 1. The van der Waals surface area contributed by atoms with Crippen LogP contribution in [0.3, 0.4) is 0 Å². The first-order valence-corrected chi connectivity index (χ1v) is 11.4. The fourth-order valence-electron chi connectivity index (χ4n) is 6.36. The number of hydrogen-bond acceptors (Lipinski definition) is 1. The zero-order chi connectivity index (χ0) is 20.8. The molecule has 5 rings (SSSR count). The van der Waals surface area contributed by atoms with Crippen LogP contribution in [0.2, 0.25) is 0 Å². The van der Waals surface area contributed by atoms with E-state index in [0.29, 0.717) is 11.3 Å². The summed E-state index contributed by atoms with van der Waals surface area (Å²) in [6, 6.07) is 32.3. The molecule has 2 aliphatic carbocycles. The molecule has 2 fully saturated rings. The molecule has 30 heavy (non-hydrogen) atoms. The van der Waals surface area contributed by atoms with Gasteiger partial charge in [0.05, 0.1) is 6.10 Å². The predicted octanol–water partition coefficient (Wildman–Crippen LogP) is 7.07. The van der Waals surface area contributed by atoms with Crippen LogP contribution in [-0.2, 0) is 10.3 Å². The maximum absolute atomic E-state index is 7.27. The van der Waals surface area contributed by atoms with Gasteiger partial charge in [0.1, 0.15) is 5.60 Å². The molecule has 4 unspecified atom stereocenters. The molecule has 0 aromatic heterocycles. The normalized spacial score (nSPS) is 25.5. The summed E-state index contributed by atoms with van der Waals surface area (Å²) in [6.45, 7) is 7.20. The van der Waals surface area contributed by atoms with Gasteiger partial charge in [-0.2, -0.15) is 0 Å². The molecular weight excluding hydrogens is 364 g/mol. The van der Waals surface area contributed by atoms with Crippen LogP contribution in [0.4, 0.5) is 0 Å². The van der Waals surface area contributed by atoms with Crippen molar-refractivity contribution >= 4 is 0 Å². The van der Waals surface area contributed by atoms with Gasteiger partial charge in [-0.1, -0.05) is 105 Å². The van der Waals surface area contributed by atoms with E-state index in [-0.39, 0.29) is 6.10 Å². The van der Waals surface area contributed by atoms with E-state index >= 15 is 0 Å². The van der Waals surface area contributed by atoms with Crippen LogP contribution in [0.15, 0.2) is 91.0 Å². The second-order valence-corrected chi connectivity index (χ2v) is 9.80. The summed E-state index contributed by atoms with van der Waals surface area (Å²) < 4.78 is 7.27. The van der Waals surface area contributed by atoms with Gasteiger partial charge in [-0.3, -0.25) is 0 Å². The van der Waals surface area contributed by atoms with E-state index in [0.717, 1.165) is 11.8 Å². The lowest BCUT2D eigenvalue weighted by molar-refractivity contribution is -0.0706. The maximum Gasteiger partial charge on any atom is 0.144 e. The fourth-order valence-corrected chi connectivity index (χ4v) is 6.36. The predicted molar refractivity (Wildman–Crippen MR) is 123 cm³/mol. The van der Waals surface area contributed by atoms with Crippen molar-refractivity contribution in [3.8, 4) is 0 Å². The Bertz CT molecular complexity index is 880. The van der Waals surface area contributed by atoms with Gasteiger partial charge in [-0.25, -0.2) is 0 Å². The second-order valence-electron chi connectivity index (χ2n) is 9.80. The number of benzene rings is 3. The van der Waals surface area contributed by atoms with E-state index < -0.39 is 5.60 Å². The van der Waals surface area contributed by atoms with Crippen molar-refractivity contribution in [3.63, 3.8) is 0 Å². The zero-order valence-electron chi connectivity index (χ0n) is 18.3. The van der Waals surface area contributed by atoms with Gasteiger partial charge in [0, 0.05) is 0 Å². The number of fused-ring (bicyclic) bond motifs is 1. The van der Waals surface area contributed by atoms with Crippen molar-refractivity contribution in [2.45, 2.75) is 45.3 Å².